The van der Waals surface area contributed by atoms with Crippen molar-refractivity contribution < 1.29 is 18.2 Å². The van der Waals surface area contributed by atoms with Gasteiger partial charge in [-0.15, -0.1) is 4.52 Å². The first-order valence-electron chi connectivity index (χ1n) is 2.70. The smallest absolute Gasteiger partial charge is 0.256 e. The van der Waals surface area contributed by atoms with E-state index in [1.807, 2.05) is 0 Å². The van der Waals surface area contributed by atoms with Gasteiger partial charge in [-0.2, -0.15) is 0 Å². The molecule has 0 fully saturated rings. The quantitative estimate of drug-likeness (QED) is 0.563. The number of halogens is 3. The molecular weight excluding hydrogens is 268 g/mol. The van der Waals surface area contributed by atoms with E-state index in [9.17, 15) is 9.13 Å². The van der Waals surface area contributed by atoms with Crippen LogP contribution in [0, 0.1) is 0 Å². The molecule has 2 atom stereocenters. The Labute approximate surface area is 85.4 Å². The highest BCUT2D eigenvalue weighted by Gasteiger charge is 2.34. The summed E-state index contributed by atoms with van der Waals surface area (Å²) < 4.78 is 30.5. The largest absolute Gasteiger partial charge is 0.541 e. The molecule has 0 aliphatic carbocycles. The third-order valence-corrected chi connectivity index (χ3v) is 3.30. The standard InChI is InChI=1S/C3H6Cl3O4P2/c1-3(10-12(5,6)8)11(7)9-2-4/h3H,2H2,1H3/q+1. The Bertz CT molecular complexity index is 204. The molecule has 0 saturated heterocycles. The van der Waals surface area contributed by atoms with Crippen molar-refractivity contribution in [2.24, 2.45) is 0 Å². The minimum atomic E-state index is -3.66. The molecule has 0 aromatic rings. The number of hydrogen-bond acceptors (Lipinski definition) is 4. The lowest BCUT2D eigenvalue weighted by Crippen LogP contribution is -1.98. The summed E-state index contributed by atoms with van der Waals surface area (Å²) in [5.74, 6) is -0.945. The molecule has 0 spiro atoms. The van der Waals surface area contributed by atoms with Gasteiger partial charge in [-0.3, -0.25) is 9.09 Å². The van der Waals surface area contributed by atoms with Crippen LogP contribution in [-0.4, -0.2) is 11.9 Å². The van der Waals surface area contributed by atoms with E-state index in [0.29, 0.717) is 0 Å². The summed E-state index contributed by atoms with van der Waals surface area (Å²) in [4.78, 5) is 0. The molecule has 0 aliphatic heterocycles. The van der Waals surface area contributed by atoms with E-state index >= 15 is 0 Å². The second kappa shape index (κ2) is 5.77. The van der Waals surface area contributed by atoms with E-state index < -0.39 is 19.9 Å². The average molecular weight is 274 g/mol. The minimum absolute atomic E-state index is 0.238. The molecule has 0 saturated carbocycles. The maximum Gasteiger partial charge on any atom is 0.541 e. The van der Waals surface area contributed by atoms with E-state index in [2.05, 4.69) is 9.05 Å². The Morgan fingerprint density at radius 3 is 2.42 bits per heavy atom. The zero-order valence-electron chi connectivity index (χ0n) is 5.95. The lowest BCUT2D eigenvalue weighted by atomic mass is 10.9. The first kappa shape index (κ1) is 13.1. The predicted molar refractivity (Wildman–Crippen MR) is 49.3 cm³/mol. The van der Waals surface area contributed by atoms with Gasteiger partial charge in [0, 0.05) is 6.92 Å². The van der Waals surface area contributed by atoms with Crippen LogP contribution in [0.5, 0.6) is 0 Å². The van der Waals surface area contributed by atoms with Crippen LogP contribution in [0.3, 0.4) is 0 Å². The van der Waals surface area contributed by atoms with Gasteiger partial charge in [-0.05, 0) is 27.0 Å². The van der Waals surface area contributed by atoms with Gasteiger partial charge in [0.15, 0.2) is 6.07 Å². The van der Waals surface area contributed by atoms with E-state index in [-0.39, 0.29) is 6.07 Å². The highest BCUT2D eigenvalue weighted by atomic mass is 35.9. The molecule has 72 valence electrons. The van der Waals surface area contributed by atoms with Crippen LogP contribution < -0.4 is 0 Å². The molecule has 0 aromatic carbocycles. The molecule has 12 heavy (non-hydrogen) atoms. The molecule has 0 amide bonds. The first-order valence-corrected chi connectivity index (χ1v) is 7.91. The normalized spacial score (nSPS) is 15.8. The molecule has 0 rings (SSSR count). The topological polar surface area (TPSA) is 52.6 Å². The van der Waals surface area contributed by atoms with E-state index in [4.69, 9.17) is 34.1 Å². The highest BCUT2D eigenvalue weighted by Crippen LogP contribution is 2.60. The summed E-state index contributed by atoms with van der Waals surface area (Å²) in [5, 5.41) is 0. The Morgan fingerprint density at radius 2 is 2.08 bits per heavy atom. The first-order chi connectivity index (χ1) is 5.37. The van der Waals surface area contributed by atoms with Gasteiger partial charge >= 0.3 is 14.1 Å². The summed E-state index contributed by atoms with van der Waals surface area (Å²) >= 11 is 15.2. The van der Waals surface area contributed by atoms with Crippen molar-refractivity contribution >= 4 is 48.2 Å². The number of alkyl halides is 1. The van der Waals surface area contributed by atoms with Crippen molar-refractivity contribution in [1.82, 2.24) is 0 Å². The molecule has 0 aliphatic rings. The Morgan fingerprint density at radius 1 is 1.58 bits per heavy atom. The van der Waals surface area contributed by atoms with E-state index in [1.54, 1.807) is 0 Å². The zero-order valence-corrected chi connectivity index (χ0v) is 10.0. The number of rotatable bonds is 5. The predicted octanol–water partition coefficient (Wildman–Crippen LogP) is 3.89. The van der Waals surface area contributed by atoms with Crippen LogP contribution in [0.15, 0.2) is 0 Å². The van der Waals surface area contributed by atoms with Crippen LogP contribution in [-0.2, 0) is 18.2 Å². The molecule has 0 bridgehead atoms. The lowest BCUT2D eigenvalue weighted by Gasteiger charge is -2.01. The van der Waals surface area contributed by atoms with E-state index in [0.717, 1.165) is 0 Å². The van der Waals surface area contributed by atoms with Crippen LogP contribution in [0.25, 0.3) is 0 Å². The Kier molecular flexibility index (Phi) is 6.31. The maximum atomic E-state index is 10.9. The summed E-state index contributed by atoms with van der Waals surface area (Å²) in [5.41, 5.74) is 0. The van der Waals surface area contributed by atoms with Gasteiger partial charge < -0.3 is 0 Å². The van der Waals surface area contributed by atoms with Gasteiger partial charge in [0.05, 0.1) is 0 Å². The molecule has 9 heteroatoms. The Balaban J connectivity index is 3.96. The molecule has 0 N–H and O–H groups in total. The highest BCUT2D eigenvalue weighted by molar-refractivity contribution is 8.05. The third kappa shape index (κ3) is 6.62. The second-order valence-corrected chi connectivity index (χ2v) is 7.65. The fourth-order valence-corrected chi connectivity index (χ4v) is 3.08. The van der Waals surface area contributed by atoms with Crippen molar-refractivity contribution in [3.05, 3.63) is 0 Å². The van der Waals surface area contributed by atoms with Crippen LogP contribution in [0.1, 0.15) is 6.92 Å². The molecule has 4 nitrogen and oxygen atoms in total. The van der Waals surface area contributed by atoms with E-state index in [1.165, 1.54) is 6.92 Å². The average Bonchev–Trinajstić information content (AvgIpc) is 1.84. The molecule has 0 aromatic heterocycles. The monoisotopic (exact) mass is 273 g/mol. The van der Waals surface area contributed by atoms with Crippen LogP contribution in [0.4, 0.5) is 0 Å². The van der Waals surface area contributed by atoms with Crippen LogP contribution >= 0.6 is 48.2 Å². The second-order valence-electron chi connectivity index (χ2n) is 1.64. The Hall–Kier alpha value is 1.12. The van der Waals surface area contributed by atoms with Crippen molar-refractivity contribution in [3.63, 3.8) is 0 Å². The van der Waals surface area contributed by atoms with Gasteiger partial charge in [0.1, 0.15) is 0 Å². The lowest BCUT2D eigenvalue weighted by molar-refractivity contribution is 0.278. The van der Waals surface area contributed by atoms with Crippen molar-refractivity contribution in [1.29, 1.82) is 0 Å². The molecule has 2 unspecified atom stereocenters. The SMILES string of the molecule is CC(OP(=O)(Cl)Cl)[P+](=O)OCCl. The fraction of sp³-hybridized carbons (Fsp3) is 1.00. The summed E-state index contributed by atoms with van der Waals surface area (Å²) in [6.45, 7) is 1.36. The summed E-state index contributed by atoms with van der Waals surface area (Å²) in [7, 11) is -2.15. The van der Waals surface area contributed by atoms with Gasteiger partial charge in [0.2, 0.25) is 0 Å². The van der Waals surface area contributed by atoms with Crippen molar-refractivity contribution in [3.8, 4) is 0 Å². The van der Waals surface area contributed by atoms with Gasteiger partial charge in [-0.1, -0.05) is 11.6 Å². The van der Waals surface area contributed by atoms with Crippen LogP contribution in [0.2, 0.25) is 0 Å². The summed E-state index contributed by atoms with van der Waals surface area (Å²) in [6, 6.07) is -0.238. The minimum Gasteiger partial charge on any atom is -0.256 e. The number of hydrogen-bond donors (Lipinski definition) is 0. The molecule has 0 heterocycles. The van der Waals surface area contributed by atoms with Gasteiger partial charge in [0.25, 0.3) is 5.85 Å². The van der Waals surface area contributed by atoms with Crippen molar-refractivity contribution in [2.45, 2.75) is 12.8 Å². The molecular formula is C3H6Cl3O4P2+. The van der Waals surface area contributed by atoms with Crippen molar-refractivity contribution in [2.75, 3.05) is 6.07 Å². The third-order valence-electron chi connectivity index (χ3n) is 0.748. The van der Waals surface area contributed by atoms with Gasteiger partial charge in [-0.25, -0.2) is 0 Å². The fourth-order valence-electron chi connectivity index (χ4n) is 0.369. The summed E-state index contributed by atoms with van der Waals surface area (Å²) in [6.07, 6.45) is -3.66. The zero-order chi connectivity index (χ0) is 9.78. The maximum absolute atomic E-state index is 10.9. The molecule has 0 radical (unpaired) electrons.